The van der Waals surface area contributed by atoms with E-state index in [0.717, 1.165) is 25.9 Å². The summed E-state index contributed by atoms with van der Waals surface area (Å²) in [6, 6.07) is 12.5. The fraction of sp³-hybridized carbons (Fsp3) is 0.379. The van der Waals surface area contributed by atoms with Crippen LogP contribution in [0.3, 0.4) is 0 Å². The van der Waals surface area contributed by atoms with Gasteiger partial charge in [-0.25, -0.2) is 9.59 Å². The smallest absolute Gasteiger partial charge is 0.490 e. The lowest BCUT2D eigenvalue weighted by atomic mass is 10.1. The zero-order chi connectivity index (χ0) is 37.5. The number of benzene rings is 2. The topological polar surface area (TPSA) is 236 Å². The fourth-order valence-electron chi connectivity index (χ4n) is 3.77. The number of hydrogen-bond acceptors (Lipinski definition) is 8. The van der Waals surface area contributed by atoms with Crippen molar-refractivity contribution >= 4 is 35.5 Å². The standard InChI is InChI=1S/C25H31N5O5.2C2HF3O2/c1-16(26)30-11-9-21(10-12-30)35-20-7-5-17(6-8-20)25(33)29-19(14-23(31)32)15-34-22-4-2-3-18(13-22)24(27)28;2*3-2(4,5)1(6)7/h2-8,13,19,21,26H,9-12,14-15H2,1H3,(H3,27,28)(H,29,33)(H,31,32);2*(H,6,7)/t19-;;/m1../s1. The molecular weight excluding hydrogens is 676 g/mol. The molecule has 0 aliphatic carbocycles. The molecule has 3 rings (SSSR count). The van der Waals surface area contributed by atoms with E-state index in [2.05, 4.69) is 5.32 Å². The van der Waals surface area contributed by atoms with E-state index in [0.29, 0.717) is 28.5 Å². The molecule has 0 saturated carbocycles. The van der Waals surface area contributed by atoms with Crippen LogP contribution >= 0.6 is 0 Å². The molecule has 8 N–H and O–H groups in total. The maximum atomic E-state index is 12.7. The largest absolute Gasteiger partial charge is 0.491 e. The lowest BCUT2D eigenvalue weighted by molar-refractivity contribution is -0.193. The molecule has 1 saturated heterocycles. The number of alkyl halides is 6. The Morgan fingerprint density at radius 1 is 0.898 bits per heavy atom. The highest BCUT2D eigenvalue weighted by Crippen LogP contribution is 2.20. The van der Waals surface area contributed by atoms with Crippen LogP contribution in [0.5, 0.6) is 11.5 Å². The van der Waals surface area contributed by atoms with Gasteiger partial charge in [0.1, 0.15) is 30.0 Å². The number of carboxylic acid groups (broad SMARTS) is 3. The minimum atomic E-state index is -5.08. The predicted octanol–water partition coefficient (Wildman–Crippen LogP) is 3.73. The molecule has 0 radical (unpaired) electrons. The third kappa shape index (κ3) is 16.2. The van der Waals surface area contributed by atoms with Crippen LogP contribution in [0.4, 0.5) is 26.3 Å². The van der Waals surface area contributed by atoms with Gasteiger partial charge in [-0.2, -0.15) is 26.3 Å². The van der Waals surface area contributed by atoms with Crippen LogP contribution in [0.2, 0.25) is 0 Å². The summed E-state index contributed by atoms with van der Waals surface area (Å²) in [5.74, 6) is -5.46. The van der Waals surface area contributed by atoms with Crippen LogP contribution in [0.1, 0.15) is 42.1 Å². The summed E-state index contributed by atoms with van der Waals surface area (Å²) in [6.07, 6.45) is -8.77. The molecule has 0 aromatic heterocycles. The molecule has 0 bridgehead atoms. The molecule has 1 amide bonds. The number of hydrogen-bond donors (Lipinski definition) is 7. The minimum Gasteiger partial charge on any atom is -0.491 e. The number of halogens is 6. The first-order valence-corrected chi connectivity index (χ1v) is 13.9. The van der Waals surface area contributed by atoms with Crippen LogP contribution in [0.25, 0.3) is 0 Å². The molecule has 1 atom stereocenters. The van der Waals surface area contributed by atoms with Crippen LogP contribution in [-0.4, -0.2) is 99.9 Å². The van der Waals surface area contributed by atoms with E-state index < -0.39 is 42.2 Å². The summed E-state index contributed by atoms with van der Waals surface area (Å²) in [7, 11) is 0. The molecule has 20 heteroatoms. The van der Waals surface area contributed by atoms with Crippen molar-refractivity contribution in [2.75, 3.05) is 19.7 Å². The third-order valence-corrected chi connectivity index (χ3v) is 6.17. The Morgan fingerprint density at radius 3 is 1.84 bits per heavy atom. The molecule has 1 heterocycles. The average molecular weight is 710 g/mol. The first kappa shape index (κ1) is 41.5. The van der Waals surface area contributed by atoms with Crippen molar-refractivity contribution in [1.82, 2.24) is 10.2 Å². The molecule has 270 valence electrons. The van der Waals surface area contributed by atoms with E-state index >= 15 is 0 Å². The molecular formula is C29H33F6N5O9. The monoisotopic (exact) mass is 709 g/mol. The normalized spacial score (nSPS) is 13.7. The van der Waals surface area contributed by atoms with Crippen molar-refractivity contribution in [2.45, 2.75) is 50.7 Å². The number of carbonyl (C=O) groups is 4. The van der Waals surface area contributed by atoms with Gasteiger partial charge in [0.2, 0.25) is 0 Å². The van der Waals surface area contributed by atoms with Gasteiger partial charge >= 0.3 is 30.3 Å². The average Bonchev–Trinajstić information content (AvgIpc) is 3.00. The number of nitrogens with zero attached hydrogens (tertiary/aromatic N) is 1. The molecule has 1 aliphatic rings. The van der Waals surface area contributed by atoms with Crippen LogP contribution in [-0.2, 0) is 14.4 Å². The van der Waals surface area contributed by atoms with Gasteiger partial charge in [0.05, 0.1) is 18.3 Å². The Labute approximate surface area is 274 Å². The number of amides is 1. The first-order valence-electron chi connectivity index (χ1n) is 13.9. The summed E-state index contributed by atoms with van der Waals surface area (Å²) >= 11 is 0. The van der Waals surface area contributed by atoms with E-state index in [-0.39, 0.29) is 25.0 Å². The van der Waals surface area contributed by atoms with E-state index in [1.807, 2.05) is 4.90 Å². The van der Waals surface area contributed by atoms with Gasteiger partial charge in [0, 0.05) is 37.1 Å². The van der Waals surface area contributed by atoms with Gasteiger partial charge in [-0.15, -0.1) is 0 Å². The maximum absolute atomic E-state index is 12.7. The van der Waals surface area contributed by atoms with Gasteiger partial charge in [0.25, 0.3) is 5.91 Å². The number of nitrogen functional groups attached to an aromatic ring is 1. The van der Waals surface area contributed by atoms with Crippen LogP contribution < -0.4 is 20.5 Å². The van der Waals surface area contributed by atoms with Crippen molar-refractivity contribution in [3.63, 3.8) is 0 Å². The number of carbonyl (C=O) groups excluding carboxylic acids is 1. The molecule has 1 aliphatic heterocycles. The molecule has 14 nitrogen and oxygen atoms in total. The van der Waals surface area contributed by atoms with E-state index in [9.17, 15) is 41.0 Å². The third-order valence-electron chi connectivity index (χ3n) is 6.17. The predicted molar refractivity (Wildman–Crippen MR) is 159 cm³/mol. The minimum absolute atomic E-state index is 0.0591. The second-order valence-electron chi connectivity index (χ2n) is 10.0. The number of rotatable bonds is 10. The summed E-state index contributed by atoms with van der Waals surface area (Å²) in [4.78, 5) is 43.8. The second kappa shape index (κ2) is 18.7. The highest BCUT2D eigenvalue weighted by molar-refractivity contribution is 5.95. The first-order chi connectivity index (χ1) is 22.6. The molecule has 0 unspecified atom stereocenters. The molecule has 49 heavy (non-hydrogen) atoms. The van der Waals surface area contributed by atoms with Gasteiger partial charge in [-0.1, -0.05) is 12.1 Å². The van der Waals surface area contributed by atoms with E-state index in [1.165, 1.54) is 0 Å². The van der Waals surface area contributed by atoms with Gasteiger partial charge in [-0.3, -0.25) is 20.4 Å². The lowest BCUT2D eigenvalue weighted by Gasteiger charge is -2.32. The quantitative estimate of drug-likeness (QED) is 0.107. The highest BCUT2D eigenvalue weighted by Gasteiger charge is 2.39. The van der Waals surface area contributed by atoms with Gasteiger partial charge in [-0.05, 0) is 43.3 Å². The Morgan fingerprint density at radius 2 is 1.41 bits per heavy atom. The number of piperidine rings is 1. The zero-order valence-corrected chi connectivity index (χ0v) is 25.6. The Bertz CT molecular complexity index is 1440. The lowest BCUT2D eigenvalue weighted by Crippen LogP contribution is -2.40. The summed E-state index contributed by atoms with van der Waals surface area (Å²) in [5, 5.41) is 41.4. The van der Waals surface area contributed by atoms with E-state index in [1.54, 1.807) is 55.5 Å². The number of nitrogens with one attached hydrogen (secondary N) is 3. The number of amidine groups is 2. The maximum Gasteiger partial charge on any atom is 0.490 e. The number of likely N-dealkylation sites (tertiary alicyclic amines) is 1. The van der Waals surface area contributed by atoms with E-state index in [4.69, 9.17) is 45.8 Å². The zero-order valence-electron chi connectivity index (χ0n) is 25.6. The number of ether oxygens (including phenoxy) is 2. The number of nitrogens with two attached hydrogens (primary N) is 1. The number of carboxylic acids is 3. The molecule has 2 aromatic rings. The van der Waals surface area contributed by atoms with Gasteiger partial charge < -0.3 is 40.7 Å². The van der Waals surface area contributed by atoms with Crippen molar-refractivity contribution in [1.29, 1.82) is 10.8 Å². The second-order valence-corrected chi connectivity index (χ2v) is 10.0. The molecule has 1 fully saturated rings. The van der Waals surface area contributed by atoms with Crippen molar-refractivity contribution in [3.05, 3.63) is 59.7 Å². The van der Waals surface area contributed by atoms with Gasteiger partial charge in [0.15, 0.2) is 0 Å². The Hall–Kier alpha value is -5.56. The SMILES string of the molecule is CC(=N)N1CCC(Oc2ccc(C(=O)N[C@@H](COc3cccc(C(=N)N)c3)CC(=O)O)cc2)CC1.O=C(O)C(F)(F)F.O=C(O)C(F)(F)F. The Kier molecular flexibility index (Phi) is 15.8. The number of aliphatic carboxylic acids is 3. The summed E-state index contributed by atoms with van der Waals surface area (Å²) in [6.45, 7) is 3.29. The van der Waals surface area contributed by atoms with Crippen molar-refractivity contribution in [2.24, 2.45) is 5.73 Å². The van der Waals surface area contributed by atoms with Crippen molar-refractivity contribution in [3.8, 4) is 11.5 Å². The highest BCUT2D eigenvalue weighted by atomic mass is 19.4. The summed E-state index contributed by atoms with van der Waals surface area (Å²) < 4.78 is 75.1. The summed E-state index contributed by atoms with van der Waals surface area (Å²) in [5.41, 5.74) is 6.35. The molecule has 0 spiro atoms. The van der Waals surface area contributed by atoms with Crippen LogP contribution in [0.15, 0.2) is 48.5 Å². The Balaban J connectivity index is 0.000000717. The van der Waals surface area contributed by atoms with Crippen molar-refractivity contribution < 1.29 is 70.3 Å². The molecule has 2 aromatic carbocycles. The van der Waals surface area contributed by atoms with Crippen LogP contribution in [0, 0.1) is 10.8 Å². The fourth-order valence-corrected chi connectivity index (χ4v) is 3.77.